The molecule has 8 heteroatoms. The first-order valence-electron chi connectivity index (χ1n) is 4.80. The molecule has 1 rings (SSSR count). The van der Waals surface area contributed by atoms with Crippen molar-refractivity contribution < 1.29 is 19.8 Å². The molecule has 1 atom stereocenters. The first-order valence-corrected chi connectivity index (χ1v) is 6.26. The molecule has 1 unspecified atom stereocenters. The van der Waals surface area contributed by atoms with Crippen molar-refractivity contribution in [2.75, 3.05) is 11.9 Å². The van der Waals surface area contributed by atoms with Gasteiger partial charge in [-0.15, -0.1) is 0 Å². The summed E-state index contributed by atoms with van der Waals surface area (Å²) in [6, 6.07) is 2.88. The lowest BCUT2D eigenvalue weighted by Crippen LogP contribution is -2.45. The zero-order valence-corrected chi connectivity index (χ0v) is 11.9. The number of rotatable bonds is 4. The number of urea groups is 1. The van der Waals surface area contributed by atoms with Crippen molar-refractivity contribution >= 4 is 51.9 Å². The van der Waals surface area contributed by atoms with Crippen LogP contribution < -0.4 is 10.6 Å². The fourth-order valence-corrected chi connectivity index (χ4v) is 2.00. The van der Waals surface area contributed by atoms with Gasteiger partial charge in [0.2, 0.25) is 0 Å². The van der Waals surface area contributed by atoms with Crippen molar-refractivity contribution in [3.63, 3.8) is 0 Å². The van der Waals surface area contributed by atoms with Crippen LogP contribution in [0.2, 0.25) is 5.02 Å². The van der Waals surface area contributed by atoms with E-state index in [1.54, 1.807) is 18.2 Å². The van der Waals surface area contributed by atoms with Crippen LogP contribution >= 0.6 is 34.2 Å². The van der Waals surface area contributed by atoms with Crippen LogP contribution in [-0.4, -0.2) is 34.9 Å². The molecule has 0 radical (unpaired) electrons. The lowest BCUT2D eigenvalue weighted by Gasteiger charge is -2.13. The number of carbonyl (C=O) groups excluding carboxylic acids is 1. The average molecular weight is 385 g/mol. The van der Waals surface area contributed by atoms with Crippen molar-refractivity contribution in [3.05, 3.63) is 26.8 Å². The molecular weight excluding hydrogens is 374 g/mol. The number of aliphatic hydroxyl groups excluding tert-OH is 1. The Morgan fingerprint density at radius 1 is 1.44 bits per heavy atom. The molecule has 1 aromatic rings. The van der Waals surface area contributed by atoms with Gasteiger partial charge >= 0.3 is 12.0 Å². The Labute approximate surface area is 121 Å². The van der Waals surface area contributed by atoms with E-state index in [1.807, 2.05) is 0 Å². The minimum Gasteiger partial charge on any atom is -0.480 e. The van der Waals surface area contributed by atoms with Gasteiger partial charge in [-0.1, -0.05) is 11.6 Å². The molecule has 0 saturated carbocycles. The summed E-state index contributed by atoms with van der Waals surface area (Å²) in [5.74, 6) is -1.32. The van der Waals surface area contributed by atoms with Gasteiger partial charge in [-0.05, 0) is 40.8 Å². The van der Waals surface area contributed by atoms with Crippen LogP contribution in [0.4, 0.5) is 10.5 Å². The summed E-state index contributed by atoms with van der Waals surface area (Å²) in [6.45, 7) is -0.691. The van der Waals surface area contributed by atoms with Gasteiger partial charge in [-0.25, -0.2) is 9.59 Å². The largest absolute Gasteiger partial charge is 0.480 e. The van der Waals surface area contributed by atoms with Crippen LogP contribution in [0, 0.1) is 3.57 Å². The van der Waals surface area contributed by atoms with E-state index in [-0.39, 0.29) is 0 Å². The third-order valence-corrected chi connectivity index (χ3v) is 2.95. The van der Waals surface area contributed by atoms with Crippen molar-refractivity contribution in [3.8, 4) is 0 Å². The molecule has 1 aromatic carbocycles. The summed E-state index contributed by atoms with van der Waals surface area (Å²) >= 11 is 7.96. The van der Waals surface area contributed by atoms with Crippen LogP contribution in [0.15, 0.2) is 18.2 Å². The average Bonchev–Trinajstić information content (AvgIpc) is 2.29. The highest BCUT2D eigenvalue weighted by Gasteiger charge is 2.18. The molecule has 98 valence electrons. The fourth-order valence-electron chi connectivity index (χ4n) is 1.09. The number of carboxylic acids is 1. The van der Waals surface area contributed by atoms with Gasteiger partial charge in [0.1, 0.15) is 0 Å². The van der Waals surface area contributed by atoms with Crippen LogP contribution in [0.1, 0.15) is 0 Å². The minimum atomic E-state index is -1.35. The van der Waals surface area contributed by atoms with Crippen LogP contribution in [0.25, 0.3) is 0 Å². The van der Waals surface area contributed by atoms with E-state index in [4.69, 9.17) is 21.8 Å². The van der Waals surface area contributed by atoms with Crippen molar-refractivity contribution in [2.45, 2.75) is 6.04 Å². The second kappa shape index (κ2) is 6.76. The van der Waals surface area contributed by atoms with E-state index in [0.29, 0.717) is 10.7 Å². The molecular formula is C10H10ClIN2O4. The highest BCUT2D eigenvalue weighted by atomic mass is 127. The number of halogens is 2. The number of amides is 2. The number of nitrogens with one attached hydrogen (secondary N) is 2. The Balaban J connectivity index is 2.67. The van der Waals surface area contributed by atoms with E-state index in [9.17, 15) is 9.59 Å². The zero-order chi connectivity index (χ0) is 13.7. The quantitative estimate of drug-likeness (QED) is 0.592. The molecule has 0 aliphatic heterocycles. The highest BCUT2D eigenvalue weighted by molar-refractivity contribution is 14.1. The van der Waals surface area contributed by atoms with Gasteiger partial charge < -0.3 is 20.8 Å². The molecule has 0 fully saturated rings. The number of aliphatic hydroxyl groups is 1. The molecule has 0 bridgehead atoms. The van der Waals surface area contributed by atoms with Gasteiger partial charge in [0.05, 0.1) is 17.3 Å². The number of carbonyl (C=O) groups is 2. The summed E-state index contributed by atoms with van der Waals surface area (Å²) in [6.07, 6.45) is 0. The molecule has 0 heterocycles. The lowest BCUT2D eigenvalue weighted by molar-refractivity contribution is -0.140. The van der Waals surface area contributed by atoms with E-state index < -0.39 is 24.6 Å². The number of anilines is 1. The Kier molecular flexibility index (Phi) is 5.63. The monoisotopic (exact) mass is 384 g/mol. The van der Waals surface area contributed by atoms with Crippen molar-refractivity contribution in [1.82, 2.24) is 5.32 Å². The third kappa shape index (κ3) is 4.31. The second-order valence-corrected chi connectivity index (χ2v) is 4.95. The highest BCUT2D eigenvalue weighted by Crippen LogP contribution is 2.23. The number of benzene rings is 1. The molecule has 0 aliphatic rings. The molecule has 0 spiro atoms. The lowest BCUT2D eigenvalue weighted by atomic mass is 10.3. The van der Waals surface area contributed by atoms with E-state index in [1.165, 1.54) is 0 Å². The summed E-state index contributed by atoms with van der Waals surface area (Å²) in [4.78, 5) is 22.1. The maximum absolute atomic E-state index is 11.5. The van der Waals surface area contributed by atoms with Gasteiger partial charge in [0, 0.05) is 3.57 Å². The summed E-state index contributed by atoms with van der Waals surface area (Å²) in [7, 11) is 0. The maximum atomic E-state index is 11.5. The predicted octanol–water partition coefficient (Wildman–Crippen LogP) is 1.51. The Hall–Kier alpha value is -1.06. The van der Waals surface area contributed by atoms with Gasteiger partial charge in [0.15, 0.2) is 6.04 Å². The van der Waals surface area contributed by atoms with Crippen molar-refractivity contribution in [1.29, 1.82) is 0 Å². The van der Waals surface area contributed by atoms with Gasteiger partial charge in [-0.2, -0.15) is 0 Å². The molecule has 18 heavy (non-hydrogen) atoms. The first kappa shape index (κ1) is 15.0. The second-order valence-electron chi connectivity index (χ2n) is 3.30. The summed E-state index contributed by atoms with van der Waals surface area (Å²) < 4.78 is 0.905. The topological polar surface area (TPSA) is 98.7 Å². The molecule has 2 amide bonds. The van der Waals surface area contributed by atoms with E-state index >= 15 is 0 Å². The van der Waals surface area contributed by atoms with Crippen LogP contribution in [-0.2, 0) is 4.79 Å². The number of hydrogen-bond donors (Lipinski definition) is 4. The number of aliphatic carboxylic acids is 1. The standard InChI is InChI=1S/C10H10ClIN2O4/c11-6-3-5(12)1-2-7(6)13-10(18)14-8(4-15)9(16)17/h1-3,8,15H,4H2,(H,16,17)(H2,13,14,18). The smallest absolute Gasteiger partial charge is 0.328 e. The maximum Gasteiger partial charge on any atom is 0.328 e. The molecule has 0 aliphatic carbocycles. The number of carboxylic acid groups (broad SMARTS) is 1. The number of hydrogen-bond acceptors (Lipinski definition) is 3. The third-order valence-electron chi connectivity index (χ3n) is 1.97. The van der Waals surface area contributed by atoms with Gasteiger partial charge in [0.25, 0.3) is 0 Å². The Morgan fingerprint density at radius 3 is 2.61 bits per heavy atom. The van der Waals surface area contributed by atoms with E-state index in [0.717, 1.165) is 3.57 Å². The minimum absolute atomic E-state index is 0.341. The van der Waals surface area contributed by atoms with Crippen LogP contribution in [0.3, 0.4) is 0 Å². The molecule has 0 aromatic heterocycles. The predicted molar refractivity (Wildman–Crippen MR) is 74.8 cm³/mol. The van der Waals surface area contributed by atoms with E-state index in [2.05, 4.69) is 33.2 Å². The Bertz CT molecular complexity index is 469. The summed E-state index contributed by atoms with van der Waals surface area (Å²) in [5.41, 5.74) is 0.358. The molecule has 0 saturated heterocycles. The Morgan fingerprint density at radius 2 is 2.11 bits per heavy atom. The SMILES string of the molecule is O=C(Nc1ccc(I)cc1Cl)NC(CO)C(=O)O. The first-order chi connectivity index (χ1) is 8.43. The van der Waals surface area contributed by atoms with Crippen LogP contribution in [0.5, 0.6) is 0 Å². The van der Waals surface area contributed by atoms with Crippen molar-refractivity contribution in [2.24, 2.45) is 0 Å². The molecule has 6 nitrogen and oxygen atoms in total. The normalized spacial score (nSPS) is 11.7. The molecule has 4 N–H and O–H groups in total. The zero-order valence-electron chi connectivity index (χ0n) is 8.98. The fraction of sp³-hybridized carbons (Fsp3) is 0.200. The summed E-state index contributed by atoms with van der Waals surface area (Å²) in [5, 5.41) is 22.2. The van der Waals surface area contributed by atoms with Gasteiger partial charge in [-0.3, -0.25) is 0 Å².